The minimum atomic E-state index is -3.30. The maximum Gasteiger partial charge on any atom is 0.211 e. The van der Waals surface area contributed by atoms with Crippen molar-refractivity contribution in [3.8, 4) is 0 Å². The molecule has 17 heavy (non-hydrogen) atoms. The first kappa shape index (κ1) is 14.4. The number of hydrogen-bond acceptors (Lipinski definition) is 3. The highest BCUT2D eigenvalue weighted by atomic mass is 35.5. The molecule has 1 atom stereocenters. The van der Waals surface area contributed by atoms with Crippen LogP contribution in [0.4, 0.5) is 0 Å². The monoisotopic (exact) mass is 277 g/mol. The van der Waals surface area contributed by atoms with E-state index in [2.05, 4.69) is 4.72 Å². The summed E-state index contributed by atoms with van der Waals surface area (Å²) in [5.41, 5.74) is -0.645. The van der Waals surface area contributed by atoms with E-state index in [9.17, 15) is 13.5 Å². The summed E-state index contributed by atoms with van der Waals surface area (Å²) < 4.78 is 24.9. The van der Waals surface area contributed by atoms with Gasteiger partial charge < -0.3 is 5.11 Å². The molecule has 0 saturated carbocycles. The van der Waals surface area contributed by atoms with Gasteiger partial charge in [-0.3, -0.25) is 0 Å². The molecule has 0 fully saturated rings. The van der Waals surface area contributed by atoms with Crippen LogP contribution < -0.4 is 4.72 Å². The van der Waals surface area contributed by atoms with Crippen LogP contribution in [0.5, 0.6) is 0 Å². The fourth-order valence-electron chi connectivity index (χ4n) is 1.26. The van der Waals surface area contributed by atoms with Crippen molar-refractivity contribution < 1.29 is 13.5 Å². The molecule has 96 valence electrons. The Morgan fingerprint density at radius 2 is 1.88 bits per heavy atom. The van der Waals surface area contributed by atoms with E-state index in [0.717, 1.165) is 0 Å². The molecule has 0 amide bonds. The molecular formula is C11H16ClNO3S. The van der Waals surface area contributed by atoms with Crippen LogP contribution in [-0.2, 0) is 15.6 Å². The SMILES string of the molecule is CCS(=O)(=O)NCC(C)(O)c1ccc(Cl)cc1. The highest BCUT2D eigenvalue weighted by Crippen LogP contribution is 2.21. The van der Waals surface area contributed by atoms with E-state index < -0.39 is 15.6 Å². The average molecular weight is 278 g/mol. The maximum absolute atomic E-state index is 11.3. The molecule has 1 unspecified atom stereocenters. The maximum atomic E-state index is 11.3. The Morgan fingerprint density at radius 3 is 2.35 bits per heavy atom. The van der Waals surface area contributed by atoms with Crippen molar-refractivity contribution >= 4 is 21.6 Å². The second-order valence-electron chi connectivity index (χ2n) is 4.01. The molecule has 0 bridgehead atoms. The average Bonchev–Trinajstić information content (AvgIpc) is 2.27. The summed E-state index contributed by atoms with van der Waals surface area (Å²) >= 11 is 5.74. The van der Waals surface area contributed by atoms with Crippen LogP contribution in [0.2, 0.25) is 5.02 Å². The fourth-order valence-corrected chi connectivity index (χ4v) is 2.09. The highest BCUT2D eigenvalue weighted by Gasteiger charge is 2.24. The van der Waals surface area contributed by atoms with Crippen molar-refractivity contribution in [1.29, 1.82) is 0 Å². The number of rotatable bonds is 5. The van der Waals surface area contributed by atoms with E-state index >= 15 is 0 Å². The van der Waals surface area contributed by atoms with Crippen molar-refractivity contribution in [1.82, 2.24) is 4.72 Å². The van der Waals surface area contributed by atoms with Crippen LogP contribution in [0.3, 0.4) is 0 Å². The molecule has 1 rings (SSSR count). The van der Waals surface area contributed by atoms with Gasteiger partial charge in [0, 0.05) is 11.6 Å². The lowest BCUT2D eigenvalue weighted by Crippen LogP contribution is -2.39. The molecule has 0 aliphatic carbocycles. The summed E-state index contributed by atoms with van der Waals surface area (Å²) in [5.74, 6) is -0.0102. The predicted octanol–water partition coefficient (Wildman–Crippen LogP) is 1.49. The first-order valence-electron chi connectivity index (χ1n) is 5.22. The Bertz CT molecular complexity index is 468. The van der Waals surface area contributed by atoms with Gasteiger partial charge in [0.15, 0.2) is 0 Å². The first-order valence-corrected chi connectivity index (χ1v) is 7.25. The molecule has 1 aromatic carbocycles. The largest absolute Gasteiger partial charge is 0.384 e. The standard InChI is InChI=1S/C11H16ClNO3S/c1-3-17(15,16)13-8-11(2,14)9-4-6-10(12)7-5-9/h4-7,13-14H,3,8H2,1-2H3. The molecule has 0 spiro atoms. The lowest BCUT2D eigenvalue weighted by molar-refractivity contribution is 0.0628. The number of halogens is 1. The Morgan fingerprint density at radius 1 is 1.35 bits per heavy atom. The number of aliphatic hydroxyl groups is 1. The summed E-state index contributed by atoms with van der Waals surface area (Å²) in [4.78, 5) is 0. The third-order valence-electron chi connectivity index (χ3n) is 2.48. The zero-order valence-corrected chi connectivity index (χ0v) is 11.3. The van der Waals surface area contributed by atoms with Crippen LogP contribution >= 0.6 is 11.6 Å². The van der Waals surface area contributed by atoms with E-state index in [-0.39, 0.29) is 12.3 Å². The number of sulfonamides is 1. The molecule has 1 aromatic rings. The van der Waals surface area contributed by atoms with E-state index in [1.165, 1.54) is 0 Å². The minimum absolute atomic E-state index is 0.0102. The van der Waals surface area contributed by atoms with Gasteiger partial charge in [0.2, 0.25) is 10.0 Å². The summed E-state index contributed by atoms with van der Waals surface area (Å²) in [5, 5.41) is 10.7. The van der Waals surface area contributed by atoms with Crippen molar-refractivity contribution in [3.63, 3.8) is 0 Å². The molecule has 2 N–H and O–H groups in total. The third-order valence-corrected chi connectivity index (χ3v) is 4.08. The quantitative estimate of drug-likeness (QED) is 0.857. The van der Waals surface area contributed by atoms with E-state index in [0.29, 0.717) is 10.6 Å². The summed E-state index contributed by atoms with van der Waals surface area (Å²) in [6.45, 7) is 3.03. The van der Waals surface area contributed by atoms with E-state index in [4.69, 9.17) is 11.6 Å². The summed E-state index contributed by atoms with van der Waals surface area (Å²) in [6, 6.07) is 6.64. The van der Waals surface area contributed by atoms with Crippen LogP contribution in [0, 0.1) is 0 Å². The number of nitrogens with one attached hydrogen (secondary N) is 1. The molecule has 0 radical (unpaired) electrons. The van der Waals surface area contributed by atoms with E-state index in [1.54, 1.807) is 38.1 Å². The van der Waals surface area contributed by atoms with Gasteiger partial charge in [-0.05, 0) is 31.5 Å². The predicted molar refractivity (Wildman–Crippen MR) is 68.5 cm³/mol. The van der Waals surface area contributed by atoms with Gasteiger partial charge in [-0.15, -0.1) is 0 Å². The van der Waals surface area contributed by atoms with Crippen molar-refractivity contribution in [2.45, 2.75) is 19.4 Å². The van der Waals surface area contributed by atoms with Gasteiger partial charge in [-0.2, -0.15) is 0 Å². The second kappa shape index (κ2) is 5.35. The van der Waals surface area contributed by atoms with E-state index in [1.807, 2.05) is 0 Å². The number of benzene rings is 1. The third kappa shape index (κ3) is 4.27. The van der Waals surface area contributed by atoms with Crippen molar-refractivity contribution in [2.24, 2.45) is 0 Å². The number of hydrogen-bond donors (Lipinski definition) is 2. The van der Waals surface area contributed by atoms with Gasteiger partial charge in [0.05, 0.1) is 5.75 Å². The molecule has 6 heteroatoms. The zero-order valence-electron chi connectivity index (χ0n) is 9.77. The van der Waals surface area contributed by atoms with Crippen LogP contribution in [-0.4, -0.2) is 25.8 Å². The van der Waals surface area contributed by atoms with Crippen LogP contribution in [0.1, 0.15) is 19.4 Å². The van der Waals surface area contributed by atoms with Gasteiger partial charge in [0.25, 0.3) is 0 Å². The molecule has 0 aromatic heterocycles. The molecule has 0 aliphatic rings. The molecule has 0 aliphatic heterocycles. The molecular weight excluding hydrogens is 262 g/mol. The Hall–Kier alpha value is -0.620. The molecule has 0 saturated heterocycles. The smallest absolute Gasteiger partial charge is 0.211 e. The topological polar surface area (TPSA) is 66.4 Å². The molecule has 0 heterocycles. The summed E-state index contributed by atoms with van der Waals surface area (Å²) in [7, 11) is -3.30. The highest BCUT2D eigenvalue weighted by molar-refractivity contribution is 7.89. The van der Waals surface area contributed by atoms with Gasteiger partial charge in [-0.25, -0.2) is 13.1 Å². The van der Waals surface area contributed by atoms with Crippen molar-refractivity contribution in [3.05, 3.63) is 34.9 Å². The lowest BCUT2D eigenvalue weighted by Gasteiger charge is -2.24. The van der Waals surface area contributed by atoms with Gasteiger partial charge in [-0.1, -0.05) is 23.7 Å². The van der Waals surface area contributed by atoms with Crippen LogP contribution in [0.15, 0.2) is 24.3 Å². The Kier molecular flexibility index (Phi) is 4.55. The first-order chi connectivity index (χ1) is 7.77. The molecule has 4 nitrogen and oxygen atoms in total. The van der Waals surface area contributed by atoms with Gasteiger partial charge in [0.1, 0.15) is 5.60 Å². The lowest BCUT2D eigenvalue weighted by atomic mass is 9.97. The summed E-state index contributed by atoms with van der Waals surface area (Å²) in [6.07, 6.45) is 0. The normalized spacial score (nSPS) is 15.5. The van der Waals surface area contributed by atoms with Crippen LogP contribution in [0.25, 0.3) is 0 Å². The van der Waals surface area contributed by atoms with Gasteiger partial charge >= 0.3 is 0 Å². The van der Waals surface area contributed by atoms with Crippen molar-refractivity contribution in [2.75, 3.05) is 12.3 Å². The minimum Gasteiger partial charge on any atom is -0.384 e. The second-order valence-corrected chi connectivity index (χ2v) is 6.54. The zero-order chi connectivity index (χ0) is 13.1. The Balaban J connectivity index is 2.78. The fraction of sp³-hybridized carbons (Fsp3) is 0.455. The Labute approximate surface area is 107 Å².